The second-order valence-electron chi connectivity index (χ2n) is 1.84. The van der Waals surface area contributed by atoms with Gasteiger partial charge in [0.1, 0.15) is 0 Å². The molecule has 0 aromatic rings. The van der Waals surface area contributed by atoms with E-state index in [-0.39, 0.29) is 0 Å². The fourth-order valence-corrected chi connectivity index (χ4v) is 1.66. The summed E-state index contributed by atoms with van der Waals surface area (Å²) in [5.41, 5.74) is 0. The van der Waals surface area contributed by atoms with Gasteiger partial charge in [-0.1, -0.05) is 0 Å². The molecule has 40 valence electrons. The van der Waals surface area contributed by atoms with Crippen LogP contribution >= 0.6 is 0 Å². The van der Waals surface area contributed by atoms with E-state index in [9.17, 15) is 0 Å². The van der Waals surface area contributed by atoms with E-state index in [0.717, 1.165) is 15.2 Å². The summed E-state index contributed by atoms with van der Waals surface area (Å²) in [6.07, 6.45) is 2.84. The van der Waals surface area contributed by atoms with Crippen LogP contribution in [0.4, 0.5) is 0 Å². The van der Waals surface area contributed by atoms with Gasteiger partial charge in [-0.05, 0) is 0 Å². The fraction of sp³-hybridized carbons (Fsp3) is 1.00. The summed E-state index contributed by atoms with van der Waals surface area (Å²) in [7, 11) is 0. The summed E-state index contributed by atoms with van der Waals surface area (Å²) in [6, 6.07) is 0. The van der Waals surface area contributed by atoms with E-state index in [1.807, 2.05) is 0 Å². The van der Waals surface area contributed by atoms with Crippen LogP contribution in [0.2, 0.25) is 10.6 Å². The Hall–Kier alpha value is 0.532. The van der Waals surface area contributed by atoms with Gasteiger partial charge in [-0.25, -0.2) is 0 Å². The molecule has 0 aromatic carbocycles. The van der Waals surface area contributed by atoms with Gasteiger partial charge in [0.05, 0.1) is 0 Å². The second-order valence-corrected chi connectivity index (χ2v) is 3.81. The van der Waals surface area contributed by atoms with E-state index in [2.05, 4.69) is 13.8 Å². The van der Waals surface area contributed by atoms with Gasteiger partial charge in [0.2, 0.25) is 0 Å². The minimum atomic E-state index is 0.816. The third-order valence-corrected chi connectivity index (χ3v) is 2.44. The summed E-state index contributed by atoms with van der Waals surface area (Å²) in [5, 5.41) is 2.97. The van der Waals surface area contributed by atoms with Crippen LogP contribution in [0.25, 0.3) is 0 Å². The zero-order valence-electron chi connectivity index (χ0n) is 5.41. The van der Waals surface area contributed by atoms with Crippen LogP contribution in [-0.2, 0) is 0 Å². The van der Waals surface area contributed by atoms with Crippen LogP contribution in [0.3, 0.4) is 0 Å². The molecule has 0 rings (SSSR count). The van der Waals surface area contributed by atoms with Crippen molar-refractivity contribution in [3.8, 4) is 0 Å². The Labute approximate surface area is 53.0 Å². The molecule has 1 heteroatoms. The molecule has 0 saturated carbocycles. The Morgan fingerprint density at radius 3 is 2.43 bits per heavy atom. The monoisotopic (exact) mass is 113 g/mol. The summed E-state index contributed by atoms with van der Waals surface area (Å²) in [4.78, 5) is 0. The van der Waals surface area contributed by atoms with Crippen LogP contribution in [0.5, 0.6) is 0 Å². The minimum absolute atomic E-state index is 0.816. The molecule has 0 radical (unpaired) electrons. The molecule has 0 atom stereocenters. The van der Waals surface area contributed by atoms with Gasteiger partial charge in [0, 0.05) is 0 Å². The molecule has 0 aliphatic carbocycles. The molecule has 0 bridgehead atoms. The molecule has 0 saturated heterocycles. The van der Waals surface area contributed by atoms with Crippen molar-refractivity contribution < 1.29 is 0 Å². The quantitative estimate of drug-likeness (QED) is 0.388. The van der Waals surface area contributed by atoms with Crippen molar-refractivity contribution in [3.05, 3.63) is 0 Å². The average molecular weight is 113 g/mol. The fourth-order valence-electron chi connectivity index (χ4n) is 0.553. The van der Waals surface area contributed by atoms with Gasteiger partial charge in [-0.2, -0.15) is 0 Å². The Bertz CT molecular complexity index is 23.4. The molecule has 7 heavy (non-hydrogen) atoms. The standard InChI is InChI=1S/C4H9.C2H5.Al/c1-3-4-2;1-2;/h1,3-4H2,2H3;1H2,2H3;/q;;+1. The van der Waals surface area contributed by atoms with E-state index < -0.39 is 0 Å². The molecule has 0 aliphatic heterocycles. The van der Waals surface area contributed by atoms with Crippen molar-refractivity contribution in [2.45, 2.75) is 37.3 Å². The molecular weight excluding hydrogens is 99.0 g/mol. The Morgan fingerprint density at radius 2 is 2.00 bits per heavy atom. The van der Waals surface area contributed by atoms with E-state index in [1.54, 1.807) is 0 Å². The van der Waals surface area contributed by atoms with E-state index >= 15 is 0 Å². The van der Waals surface area contributed by atoms with Crippen molar-refractivity contribution in [2.24, 2.45) is 0 Å². The van der Waals surface area contributed by atoms with Crippen molar-refractivity contribution in [3.63, 3.8) is 0 Å². The number of hydrogen-bond donors (Lipinski definition) is 0. The number of unbranched alkanes of at least 4 members (excludes halogenated alkanes) is 1. The van der Waals surface area contributed by atoms with Crippen LogP contribution in [-0.4, -0.2) is 15.2 Å². The van der Waals surface area contributed by atoms with Crippen LogP contribution in [0, 0.1) is 0 Å². The molecule has 0 amide bonds. The normalized spacial score (nSPS) is 8.29. The van der Waals surface area contributed by atoms with Crippen LogP contribution < -0.4 is 0 Å². The molecular formula is C6H14Al+. The van der Waals surface area contributed by atoms with Gasteiger partial charge in [0.15, 0.2) is 0 Å². The van der Waals surface area contributed by atoms with Gasteiger partial charge in [-0.15, -0.1) is 0 Å². The molecule has 0 fully saturated rings. The average Bonchev–Trinajstić information content (AvgIpc) is 1.69. The predicted octanol–water partition coefficient (Wildman–Crippen LogP) is 2.35. The van der Waals surface area contributed by atoms with E-state index in [1.165, 1.54) is 23.4 Å². The molecule has 0 N–H and O–H groups in total. The molecule has 0 aromatic heterocycles. The SMILES string of the molecule is CCC[CH2][Al+][CH2]C. The third kappa shape index (κ3) is 6.53. The first-order valence-corrected chi connectivity index (χ1v) is 4.86. The summed E-state index contributed by atoms with van der Waals surface area (Å²) < 4.78 is 0. The molecule has 0 unspecified atom stereocenters. The summed E-state index contributed by atoms with van der Waals surface area (Å²) in [5.74, 6) is 0. The van der Waals surface area contributed by atoms with Crippen molar-refractivity contribution in [2.75, 3.05) is 0 Å². The van der Waals surface area contributed by atoms with Crippen LogP contribution in [0.1, 0.15) is 26.7 Å². The topological polar surface area (TPSA) is 0 Å². The first kappa shape index (κ1) is 7.53. The molecule has 0 spiro atoms. The Kier molecular flexibility index (Phi) is 7.03. The molecule has 0 aliphatic rings. The van der Waals surface area contributed by atoms with Crippen molar-refractivity contribution >= 4 is 15.2 Å². The van der Waals surface area contributed by atoms with Crippen molar-refractivity contribution in [1.82, 2.24) is 0 Å². The Balaban J connectivity index is 2.45. The second kappa shape index (κ2) is 6.53. The third-order valence-electron chi connectivity index (χ3n) is 1.05. The maximum absolute atomic E-state index is 2.28. The van der Waals surface area contributed by atoms with Crippen molar-refractivity contribution in [1.29, 1.82) is 0 Å². The van der Waals surface area contributed by atoms with Gasteiger partial charge >= 0.3 is 52.5 Å². The maximum atomic E-state index is 2.28. The summed E-state index contributed by atoms with van der Waals surface area (Å²) >= 11 is 0.816. The Morgan fingerprint density at radius 1 is 1.29 bits per heavy atom. The zero-order chi connectivity index (χ0) is 5.54. The predicted molar refractivity (Wildman–Crippen MR) is 35.9 cm³/mol. The molecule has 0 heterocycles. The zero-order valence-corrected chi connectivity index (χ0v) is 6.56. The van der Waals surface area contributed by atoms with Gasteiger partial charge < -0.3 is 0 Å². The summed E-state index contributed by atoms with van der Waals surface area (Å²) in [6.45, 7) is 4.54. The molecule has 0 nitrogen and oxygen atoms in total. The number of hydrogen-bond acceptors (Lipinski definition) is 0. The first-order valence-electron chi connectivity index (χ1n) is 3.23. The van der Waals surface area contributed by atoms with Crippen LogP contribution in [0.15, 0.2) is 0 Å². The van der Waals surface area contributed by atoms with Gasteiger partial charge in [0.25, 0.3) is 0 Å². The van der Waals surface area contributed by atoms with Gasteiger partial charge in [-0.3, -0.25) is 0 Å². The number of rotatable bonds is 4. The van der Waals surface area contributed by atoms with E-state index in [4.69, 9.17) is 0 Å². The first-order chi connectivity index (χ1) is 3.41. The van der Waals surface area contributed by atoms with E-state index in [0.29, 0.717) is 0 Å².